The van der Waals surface area contributed by atoms with Crippen LogP contribution in [-0.2, 0) is 13.0 Å². The van der Waals surface area contributed by atoms with Crippen LogP contribution in [0.2, 0.25) is 0 Å². The lowest BCUT2D eigenvalue weighted by Gasteiger charge is -2.36. The zero-order valence-corrected chi connectivity index (χ0v) is 17.7. The molecule has 1 aliphatic heterocycles. The third-order valence-corrected chi connectivity index (χ3v) is 5.31. The van der Waals surface area contributed by atoms with Gasteiger partial charge >= 0.3 is 0 Å². The number of nitrogens with zero attached hydrogens (tertiary/aromatic N) is 6. The maximum absolute atomic E-state index is 11.7. The van der Waals surface area contributed by atoms with Gasteiger partial charge in [0.2, 0.25) is 5.82 Å². The average Bonchev–Trinajstić information content (AvgIpc) is 3.22. The SMILES string of the molecule is Cc1cc(=O)nc(CN2CCN(c3cc(CC(C)C)ccc3-c3nn[nH]n3)CC2)[nH]1. The first-order valence-electron chi connectivity index (χ1n) is 10.4. The van der Waals surface area contributed by atoms with Gasteiger partial charge in [-0.25, -0.2) is 0 Å². The molecule has 0 aliphatic carbocycles. The highest BCUT2D eigenvalue weighted by Crippen LogP contribution is 2.31. The van der Waals surface area contributed by atoms with Crippen LogP contribution in [0, 0.1) is 12.8 Å². The van der Waals surface area contributed by atoms with E-state index in [2.05, 4.69) is 72.4 Å². The van der Waals surface area contributed by atoms with Gasteiger partial charge in [0, 0.05) is 49.2 Å². The molecule has 3 aromatic rings. The molecule has 9 nitrogen and oxygen atoms in total. The number of rotatable bonds is 6. The molecule has 1 aromatic carbocycles. The fourth-order valence-corrected chi connectivity index (χ4v) is 3.98. The molecule has 2 N–H and O–H groups in total. The van der Waals surface area contributed by atoms with Gasteiger partial charge in [-0.05, 0) is 42.2 Å². The maximum atomic E-state index is 11.7. The smallest absolute Gasteiger partial charge is 0.273 e. The minimum atomic E-state index is -0.188. The zero-order chi connectivity index (χ0) is 21.1. The second-order valence-electron chi connectivity index (χ2n) is 8.30. The van der Waals surface area contributed by atoms with Gasteiger partial charge in [-0.15, -0.1) is 10.2 Å². The van der Waals surface area contributed by atoms with E-state index in [-0.39, 0.29) is 5.56 Å². The van der Waals surface area contributed by atoms with E-state index in [0.717, 1.165) is 55.4 Å². The summed E-state index contributed by atoms with van der Waals surface area (Å²) in [6.07, 6.45) is 1.03. The molecule has 0 radical (unpaired) electrons. The van der Waals surface area contributed by atoms with Gasteiger partial charge in [-0.2, -0.15) is 10.2 Å². The van der Waals surface area contributed by atoms with Crippen LogP contribution >= 0.6 is 0 Å². The van der Waals surface area contributed by atoms with Crippen molar-refractivity contribution in [2.75, 3.05) is 31.1 Å². The first-order chi connectivity index (χ1) is 14.5. The summed E-state index contributed by atoms with van der Waals surface area (Å²) in [4.78, 5) is 23.7. The minimum Gasteiger partial charge on any atom is -0.368 e. The van der Waals surface area contributed by atoms with Crippen molar-refractivity contribution in [2.24, 2.45) is 5.92 Å². The van der Waals surface area contributed by atoms with E-state index in [1.807, 2.05) is 6.92 Å². The van der Waals surface area contributed by atoms with Crippen molar-refractivity contribution in [3.05, 3.63) is 51.7 Å². The molecule has 158 valence electrons. The first-order valence-corrected chi connectivity index (χ1v) is 10.4. The number of nitrogens with one attached hydrogen (secondary N) is 2. The Hall–Kier alpha value is -3.07. The molecule has 0 saturated carbocycles. The number of H-pyrrole nitrogens is 2. The molecule has 4 rings (SSSR count). The van der Waals surface area contributed by atoms with Gasteiger partial charge in [-0.1, -0.05) is 19.9 Å². The number of aromatic amines is 2. The lowest BCUT2D eigenvalue weighted by atomic mass is 9.99. The maximum Gasteiger partial charge on any atom is 0.273 e. The summed E-state index contributed by atoms with van der Waals surface area (Å²) in [5, 5.41) is 14.7. The molecular formula is C21H28N8O. The van der Waals surface area contributed by atoms with Crippen molar-refractivity contribution < 1.29 is 0 Å². The molecule has 3 heterocycles. The second kappa shape index (κ2) is 8.74. The summed E-state index contributed by atoms with van der Waals surface area (Å²) in [5.74, 6) is 1.93. The Morgan fingerprint density at radius 1 is 1.13 bits per heavy atom. The monoisotopic (exact) mass is 408 g/mol. The number of anilines is 1. The Morgan fingerprint density at radius 3 is 2.60 bits per heavy atom. The zero-order valence-electron chi connectivity index (χ0n) is 17.7. The summed E-state index contributed by atoms with van der Waals surface area (Å²) in [5.41, 5.74) is 4.11. The van der Waals surface area contributed by atoms with Gasteiger partial charge in [0.05, 0.1) is 6.54 Å². The lowest BCUT2D eigenvalue weighted by Crippen LogP contribution is -2.46. The van der Waals surface area contributed by atoms with Crippen LogP contribution in [-0.4, -0.2) is 61.7 Å². The third-order valence-electron chi connectivity index (χ3n) is 5.31. The summed E-state index contributed by atoms with van der Waals surface area (Å²) in [6, 6.07) is 8.04. The fourth-order valence-electron chi connectivity index (χ4n) is 3.98. The number of tetrazole rings is 1. The van der Waals surface area contributed by atoms with Gasteiger partial charge in [0.25, 0.3) is 5.56 Å². The molecule has 2 aromatic heterocycles. The van der Waals surface area contributed by atoms with Gasteiger partial charge in [-0.3, -0.25) is 9.69 Å². The van der Waals surface area contributed by atoms with Crippen molar-refractivity contribution in [1.82, 2.24) is 35.5 Å². The summed E-state index contributed by atoms with van der Waals surface area (Å²) in [6.45, 7) is 10.5. The van der Waals surface area contributed by atoms with Crippen molar-refractivity contribution in [1.29, 1.82) is 0 Å². The van der Waals surface area contributed by atoms with E-state index in [1.165, 1.54) is 11.6 Å². The van der Waals surface area contributed by atoms with Crippen molar-refractivity contribution in [2.45, 2.75) is 33.7 Å². The second-order valence-corrected chi connectivity index (χ2v) is 8.30. The predicted octanol–water partition coefficient (Wildman–Crippen LogP) is 1.78. The number of hydrogen-bond acceptors (Lipinski definition) is 7. The highest BCUT2D eigenvalue weighted by Gasteiger charge is 2.22. The molecule has 9 heteroatoms. The summed E-state index contributed by atoms with van der Waals surface area (Å²) in [7, 11) is 0. The summed E-state index contributed by atoms with van der Waals surface area (Å²) >= 11 is 0. The third kappa shape index (κ3) is 4.73. The van der Waals surface area contributed by atoms with Crippen LogP contribution in [0.15, 0.2) is 29.1 Å². The number of benzene rings is 1. The average molecular weight is 409 g/mol. The van der Waals surface area contributed by atoms with E-state index >= 15 is 0 Å². The Kier molecular flexibility index (Phi) is 5.89. The van der Waals surface area contributed by atoms with Crippen LogP contribution < -0.4 is 10.5 Å². The lowest BCUT2D eigenvalue weighted by molar-refractivity contribution is 0.243. The number of aromatic nitrogens is 6. The highest BCUT2D eigenvalue weighted by molar-refractivity contribution is 5.75. The largest absolute Gasteiger partial charge is 0.368 e. The van der Waals surface area contributed by atoms with Gasteiger partial charge in [0.15, 0.2) is 0 Å². The highest BCUT2D eigenvalue weighted by atomic mass is 16.1. The van der Waals surface area contributed by atoms with Gasteiger partial charge in [0.1, 0.15) is 5.82 Å². The Morgan fingerprint density at radius 2 is 1.93 bits per heavy atom. The molecule has 0 atom stereocenters. The van der Waals surface area contributed by atoms with E-state index in [4.69, 9.17) is 0 Å². The molecule has 1 aliphatic rings. The Bertz CT molecular complexity index is 1040. The van der Waals surface area contributed by atoms with Crippen LogP contribution in [0.3, 0.4) is 0 Å². The fraction of sp³-hybridized carbons (Fsp3) is 0.476. The van der Waals surface area contributed by atoms with Crippen molar-refractivity contribution >= 4 is 5.69 Å². The molecule has 0 unspecified atom stereocenters. The van der Waals surface area contributed by atoms with Crippen LogP contribution in [0.1, 0.15) is 30.9 Å². The number of piperazine rings is 1. The Labute approximate surface area is 175 Å². The quantitative estimate of drug-likeness (QED) is 0.640. The molecule has 0 amide bonds. The van der Waals surface area contributed by atoms with Crippen LogP contribution in [0.4, 0.5) is 5.69 Å². The molecule has 1 saturated heterocycles. The molecule has 1 fully saturated rings. The molecule has 0 bridgehead atoms. The van der Waals surface area contributed by atoms with E-state index < -0.39 is 0 Å². The van der Waals surface area contributed by atoms with E-state index in [1.54, 1.807) is 0 Å². The Balaban J connectivity index is 1.51. The summed E-state index contributed by atoms with van der Waals surface area (Å²) < 4.78 is 0. The van der Waals surface area contributed by atoms with Crippen molar-refractivity contribution in [3.63, 3.8) is 0 Å². The standard InChI is InChI=1S/C21H28N8O/c1-14(2)10-16-4-5-17(21-24-26-27-25-21)18(12-16)29-8-6-28(7-9-29)13-19-22-15(3)11-20(30)23-19/h4-5,11-12,14H,6-10,13H2,1-3H3,(H,22,23,30)(H,24,25,26,27). The van der Waals surface area contributed by atoms with Gasteiger partial charge < -0.3 is 9.88 Å². The van der Waals surface area contributed by atoms with E-state index in [9.17, 15) is 4.79 Å². The number of hydrogen-bond donors (Lipinski definition) is 2. The van der Waals surface area contributed by atoms with Crippen molar-refractivity contribution in [3.8, 4) is 11.4 Å². The topological polar surface area (TPSA) is 107 Å². The molecule has 0 spiro atoms. The van der Waals surface area contributed by atoms with E-state index in [0.29, 0.717) is 18.3 Å². The van der Waals surface area contributed by atoms with Crippen LogP contribution in [0.5, 0.6) is 0 Å². The molecular weight excluding hydrogens is 380 g/mol. The normalized spacial score (nSPS) is 15.1. The predicted molar refractivity (Wildman–Crippen MR) is 115 cm³/mol. The minimum absolute atomic E-state index is 0.188. The first kappa shape index (κ1) is 20.2. The van der Waals surface area contributed by atoms with Crippen LogP contribution in [0.25, 0.3) is 11.4 Å². The molecule has 30 heavy (non-hydrogen) atoms. The number of aryl methyl sites for hydroxylation is 1.